The van der Waals surface area contributed by atoms with Gasteiger partial charge in [0, 0.05) is 6.42 Å². The van der Waals surface area contributed by atoms with Crippen molar-refractivity contribution >= 4 is 11.8 Å². The van der Waals surface area contributed by atoms with Crippen LogP contribution in [0.25, 0.3) is 0 Å². The van der Waals surface area contributed by atoms with Gasteiger partial charge in [-0.1, -0.05) is 25.7 Å². The quantitative estimate of drug-likeness (QED) is 0.817. The molecule has 1 saturated carbocycles. The number of nitrogens with zero attached hydrogens (tertiary/aromatic N) is 3. The van der Waals surface area contributed by atoms with Gasteiger partial charge in [-0.25, -0.2) is 4.98 Å². The number of carbonyl (C=O) groups excluding carboxylic acids is 2. The van der Waals surface area contributed by atoms with Gasteiger partial charge in [0.05, 0.1) is 12.0 Å². The number of nitrogens with one attached hydrogen (secondary N) is 1. The summed E-state index contributed by atoms with van der Waals surface area (Å²) in [5, 5.41) is 6.45. The van der Waals surface area contributed by atoms with Gasteiger partial charge in [-0.05, 0) is 12.8 Å². The Hall–Kier alpha value is -1.72. The molecule has 6 heteroatoms. The van der Waals surface area contributed by atoms with E-state index in [4.69, 9.17) is 0 Å². The lowest BCUT2D eigenvalue weighted by molar-refractivity contribution is -0.142. The Balaban J connectivity index is 1.80. The van der Waals surface area contributed by atoms with E-state index < -0.39 is 5.41 Å². The number of hydrogen-bond acceptors (Lipinski definition) is 4. The van der Waals surface area contributed by atoms with Crippen molar-refractivity contribution in [3.8, 4) is 0 Å². The van der Waals surface area contributed by atoms with Crippen LogP contribution in [0.15, 0.2) is 6.33 Å². The lowest BCUT2D eigenvalue weighted by Crippen LogP contribution is -2.35. The van der Waals surface area contributed by atoms with Crippen LogP contribution in [0.3, 0.4) is 0 Å². The van der Waals surface area contributed by atoms with E-state index >= 15 is 0 Å². The highest BCUT2D eigenvalue weighted by atomic mass is 16.2. The predicted molar refractivity (Wildman–Crippen MR) is 66.7 cm³/mol. The normalized spacial score (nSPS) is 23.1. The average molecular weight is 262 g/mol. The number of H-pyrrole nitrogens is 1. The molecule has 1 saturated heterocycles. The Bertz CT molecular complexity index is 475. The van der Waals surface area contributed by atoms with Crippen molar-refractivity contribution in [3.63, 3.8) is 0 Å². The molecule has 1 aliphatic carbocycles. The van der Waals surface area contributed by atoms with Gasteiger partial charge in [0.15, 0.2) is 0 Å². The third-order valence-electron chi connectivity index (χ3n) is 4.32. The van der Waals surface area contributed by atoms with Crippen LogP contribution in [-0.4, -0.2) is 31.9 Å². The minimum Gasteiger partial charge on any atom is -0.274 e. The third-order valence-corrected chi connectivity index (χ3v) is 4.32. The number of aromatic amines is 1. The number of hydrogen-bond donors (Lipinski definition) is 1. The number of amides is 2. The third kappa shape index (κ3) is 2.15. The molecule has 0 atom stereocenters. The van der Waals surface area contributed by atoms with Crippen molar-refractivity contribution in [2.45, 2.75) is 51.5 Å². The number of likely N-dealkylation sites (tertiary alicyclic amines) is 1. The maximum absolute atomic E-state index is 12.6. The first kappa shape index (κ1) is 12.3. The smallest absolute Gasteiger partial charge is 0.236 e. The van der Waals surface area contributed by atoms with E-state index in [0.717, 1.165) is 25.7 Å². The highest BCUT2D eigenvalue weighted by Gasteiger charge is 2.50. The van der Waals surface area contributed by atoms with Gasteiger partial charge in [0.1, 0.15) is 12.2 Å². The first-order valence-electron chi connectivity index (χ1n) is 6.90. The lowest BCUT2D eigenvalue weighted by atomic mass is 9.79. The maximum Gasteiger partial charge on any atom is 0.236 e. The van der Waals surface area contributed by atoms with Crippen molar-refractivity contribution in [1.29, 1.82) is 0 Å². The van der Waals surface area contributed by atoms with Crippen LogP contribution in [0.1, 0.15) is 50.8 Å². The lowest BCUT2D eigenvalue weighted by Gasteiger charge is -2.24. The van der Waals surface area contributed by atoms with Gasteiger partial charge < -0.3 is 0 Å². The van der Waals surface area contributed by atoms with Crippen molar-refractivity contribution in [1.82, 2.24) is 20.1 Å². The van der Waals surface area contributed by atoms with E-state index in [9.17, 15) is 9.59 Å². The zero-order valence-corrected chi connectivity index (χ0v) is 10.9. The molecule has 0 bridgehead atoms. The summed E-state index contributed by atoms with van der Waals surface area (Å²) in [6, 6.07) is 0. The van der Waals surface area contributed by atoms with E-state index in [1.807, 2.05) is 0 Å². The molecule has 1 aliphatic heterocycles. The Kier molecular flexibility index (Phi) is 3.08. The van der Waals surface area contributed by atoms with Gasteiger partial charge in [-0.3, -0.25) is 19.6 Å². The molecular weight excluding hydrogens is 244 g/mol. The molecule has 2 amide bonds. The molecule has 0 unspecified atom stereocenters. The molecule has 19 heavy (non-hydrogen) atoms. The SMILES string of the molecule is O=C1CC2(CCCCCC2)C(=O)N1Cc1ncn[nH]1. The molecule has 1 aromatic rings. The fraction of sp³-hybridized carbons (Fsp3) is 0.692. The molecule has 0 aromatic carbocycles. The Labute approximate surface area is 111 Å². The minimum absolute atomic E-state index is 0.00389. The highest BCUT2D eigenvalue weighted by molar-refractivity contribution is 6.05. The fourth-order valence-electron chi connectivity index (χ4n) is 3.27. The van der Waals surface area contributed by atoms with Crippen LogP contribution in [0, 0.1) is 5.41 Å². The first-order chi connectivity index (χ1) is 9.21. The molecule has 2 heterocycles. The summed E-state index contributed by atoms with van der Waals surface area (Å²) in [6.45, 7) is 0.222. The maximum atomic E-state index is 12.6. The molecule has 3 rings (SSSR count). The van der Waals surface area contributed by atoms with Crippen molar-refractivity contribution in [2.75, 3.05) is 0 Å². The number of carbonyl (C=O) groups is 2. The fourth-order valence-corrected chi connectivity index (χ4v) is 3.27. The standard InChI is InChI=1S/C13H18N4O2/c18-11-7-13(5-3-1-2-4-6-13)12(19)17(11)8-10-14-9-15-16-10/h9H,1-8H2,(H,14,15,16). The Morgan fingerprint density at radius 3 is 2.58 bits per heavy atom. The second-order valence-corrected chi connectivity index (χ2v) is 5.59. The summed E-state index contributed by atoms with van der Waals surface area (Å²) in [7, 11) is 0. The molecule has 1 aromatic heterocycles. The Morgan fingerprint density at radius 1 is 1.21 bits per heavy atom. The molecule has 2 fully saturated rings. The summed E-state index contributed by atoms with van der Waals surface area (Å²) in [5.41, 5.74) is -0.423. The van der Waals surface area contributed by atoms with E-state index in [1.165, 1.54) is 24.1 Å². The zero-order valence-electron chi connectivity index (χ0n) is 10.9. The molecular formula is C13H18N4O2. The highest BCUT2D eigenvalue weighted by Crippen LogP contribution is 2.44. The van der Waals surface area contributed by atoms with Crippen molar-refractivity contribution in [2.24, 2.45) is 5.41 Å². The summed E-state index contributed by atoms with van der Waals surface area (Å²) < 4.78 is 0. The second kappa shape index (κ2) is 4.75. The molecule has 2 aliphatic rings. The van der Waals surface area contributed by atoms with Gasteiger partial charge in [0.25, 0.3) is 0 Å². The molecule has 1 spiro atoms. The summed E-state index contributed by atoms with van der Waals surface area (Å²) >= 11 is 0. The summed E-state index contributed by atoms with van der Waals surface area (Å²) in [6.07, 6.45) is 7.91. The average Bonchev–Trinajstić information content (AvgIpc) is 2.89. The molecule has 0 radical (unpaired) electrons. The summed E-state index contributed by atoms with van der Waals surface area (Å²) in [4.78, 5) is 30.1. The molecule has 1 N–H and O–H groups in total. The topological polar surface area (TPSA) is 79.0 Å². The van der Waals surface area contributed by atoms with E-state index in [-0.39, 0.29) is 18.4 Å². The van der Waals surface area contributed by atoms with E-state index in [1.54, 1.807) is 0 Å². The van der Waals surface area contributed by atoms with Crippen LogP contribution >= 0.6 is 0 Å². The van der Waals surface area contributed by atoms with Crippen LogP contribution in [0.4, 0.5) is 0 Å². The largest absolute Gasteiger partial charge is 0.274 e. The monoisotopic (exact) mass is 262 g/mol. The molecule has 102 valence electrons. The van der Waals surface area contributed by atoms with Gasteiger partial charge in [0.2, 0.25) is 11.8 Å². The van der Waals surface area contributed by atoms with Crippen molar-refractivity contribution < 1.29 is 9.59 Å². The van der Waals surface area contributed by atoms with Crippen molar-refractivity contribution in [3.05, 3.63) is 12.2 Å². The first-order valence-corrected chi connectivity index (χ1v) is 6.90. The van der Waals surface area contributed by atoms with E-state index in [2.05, 4.69) is 15.2 Å². The van der Waals surface area contributed by atoms with E-state index in [0.29, 0.717) is 12.2 Å². The van der Waals surface area contributed by atoms with Gasteiger partial charge in [-0.15, -0.1) is 0 Å². The van der Waals surface area contributed by atoms with Crippen LogP contribution in [0.5, 0.6) is 0 Å². The molecule has 6 nitrogen and oxygen atoms in total. The zero-order chi connectivity index (χ0) is 13.3. The predicted octanol–water partition coefficient (Wildman–Crippen LogP) is 1.40. The van der Waals surface area contributed by atoms with Gasteiger partial charge in [-0.2, -0.15) is 5.10 Å². The minimum atomic E-state index is -0.423. The second-order valence-electron chi connectivity index (χ2n) is 5.59. The van der Waals surface area contributed by atoms with Crippen LogP contribution < -0.4 is 0 Å². The summed E-state index contributed by atoms with van der Waals surface area (Å²) in [5.74, 6) is 0.492. The number of aromatic nitrogens is 3. The van der Waals surface area contributed by atoms with Crippen LogP contribution in [0.2, 0.25) is 0 Å². The Morgan fingerprint density at radius 2 is 1.95 bits per heavy atom. The number of imide groups is 1. The van der Waals surface area contributed by atoms with Crippen LogP contribution in [-0.2, 0) is 16.1 Å². The van der Waals surface area contributed by atoms with Gasteiger partial charge >= 0.3 is 0 Å². The number of rotatable bonds is 2.